The first-order valence-corrected chi connectivity index (χ1v) is 12.0. The van der Waals surface area contributed by atoms with Crippen molar-refractivity contribution in [2.24, 2.45) is 0 Å². The molecule has 1 aromatic carbocycles. The lowest BCUT2D eigenvalue weighted by atomic mass is 10.0. The van der Waals surface area contributed by atoms with Crippen molar-refractivity contribution in [3.8, 4) is 0 Å². The van der Waals surface area contributed by atoms with Gasteiger partial charge in [-0.15, -0.1) is 0 Å². The van der Waals surface area contributed by atoms with E-state index in [2.05, 4.69) is 50.2 Å². The summed E-state index contributed by atoms with van der Waals surface area (Å²) in [6.07, 6.45) is 24.3. The number of nitrogens with zero attached hydrogens (tertiary/aromatic N) is 1. The second-order valence-corrected chi connectivity index (χ2v) is 8.62. The molecular weight excluding hydrogens is 326 g/mol. The second kappa shape index (κ2) is 17.1. The Morgan fingerprint density at radius 3 is 1.48 bits per heavy atom. The van der Waals surface area contributed by atoms with Crippen molar-refractivity contribution < 1.29 is 0 Å². The third-order valence-electron chi connectivity index (χ3n) is 5.75. The Morgan fingerprint density at radius 1 is 0.593 bits per heavy atom. The summed E-state index contributed by atoms with van der Waals surface area (Å²) in [6, 6.07) is 9.00. The molecule has 0 fully saturated rings. The first-order valence-electron chi connectivity index (χ1n) is 12.0. The van der Waals surface area contributed by atoms with E-state index in [1.807, 2.05) is 0 Å². The summed E-state index contributed by atoms with van der Waals surface area (Å²) in [4.78, 5) is 2.19. The fraction of sp³-hybridized carbons (Fsp3) is 0.769. The lowest BCUT2D eigenvalue weighted by molar-refractivity contribution is 0.529. The predicted octanol–water partition coefficient (Wildman–Crippen LogP) is 8.56. The number of aryl methyl sites for hydroxylation is 1. The number of hydrogen-bond donors (Lipinski definition) is 0. The van der Waals surface area contributed by atoms with Crippen molar-refractivity contribution in [1.82, 2.24) is 0 Å². The number of hydrogen-bond acceptors (Lipinski definition) is 1. The van der Waals surface area contributed by atoms with Crippen LogP contribution in [-0.4, -0.2) is 14.1 Å². The van der Waals surface area contributed by atoms with Crippen LogP contribution < -0.4 is 4.90 Å². The monoisotopic (exact) mass is 373 g/mol. The second-order valence-electron chi connectivity index (χ2n) is 8.62. The molecule has 1 aromatic rings. The topological polar surface area (TPSA) is 3.24 Å². The van der Waals surface area contributed by atoms with E-state index in [-0.39, 0.29) is 0 Å². The lowest BCUT2D eigenvalue weighted by Crippen LogP contribution is -2.08. The minimum absolute atomic E-state index is 1.24. The molecular formula is C26H47N. The fourth-order valence-corrected chi connectivity index (χ4v) is 3.87. The normalized spacial score (nSPS) is 11.1. The number of benzene rings is 1. The standard InChI is InChI=1S/C26H47N/c1-4-5-6-7-8-9-10-11-12-13-14-15-16-17-18-19-21-25-22-20-23-26(24-25)27(2)3/h20,22-24H,4-19,21H2,1-3H3. The van der Waals surface area contributed by atoms with Crippen LogP contribution in [0.4, 0.5) is 5.69 Å². The highest BCUT2D eigenvalue weighted by molar-refractivity contribution is 5.47. The van der Waals surface area contributed by atoms with Gasteiger partial charge in [0.15, 0.2) is 0 Å². The van der Waals surface area contributed by atoms with E-state index in [9.17, 15) is 0 Å². The third-order valence-corrected chi connectivity index (χ3v) is 5.75. The number of unbranched alkanes of at least 4 members (excludes halogenated alkanes) is 15. The van der Waals surface area contributed by atoms with Gasteiger partial charge in [-0.25, -0.2) is 0 Å². The zero-order valence-corrected chi connectivity index (χ0v) is 18.8. The van der Waals surface area contributed by atoms with Crippen molar-refractivity contribution in [1.29, 1.82) is 0 Å². The van der Waals surface area contributed by atoms with Crippen molar-refractivity contribution in [2.45, 2.75) is 116 Å². The zero-order valence-electron chi connectivity index (χ0n) is 18.8. The fourth-order valence-electron chi connectivity index (χ4n) is 3.87. The summed E-state index contributed by atoms with van der Waals surface area (Å²) in [5.41, 5.74) is 2.82. The summed E-state index contributed by atoms with van der Waals surface area (Å²) < 4.78 is 0. The van der Waals surface area contributed by atoms with E-state index in [0.29, 0.717) is 0 Å². The minimum atomic E-state index is 1.24. The van der Waals surface area contributed by atoms with Crippen molar-refractivity contribution >= 4 is 5.69 Å². The molecule has 0 radical (unpaired) electrons. The van der Waals surface area contributed by atoms with Crippen LogP contribution >= 0.6 is 0 Å². The molecule has 0 aliphatic heterocycles. The highest BCUT2D eigenvalue weighted by Gasteiger charge is 1.99. The van der Waals surface area contributed by atoms with Crippen LogP contribution in [0.2, 0.25) is 0 Å². The van der Waals surface area contributed by atoms with Crippen LogP contribution in [0, 0.1) is 0 Å². The Balaban J connectivity index is 1.82. The molecule has 0 atom stereocenters. The van der Waals surface area contributed by atoms with E-state index in [1.165, 1.54) is 120 Å². The minimum Gasteiger partial charge on any atom is -0.378 e. The van der Waals surface area contributed by atoms with Gasteiger partial charge in [-0.1, -0.05) is 115 Å². The smallest absolute Gasteiger partial charge is 0.0363 e. The molecule has 0 aliphatic rings. The highest BCUT2D eigenvalue weighted by atomic mass is 15.1. The summed E-state index contributed by atoms with van der Waals surface area (Å²) in [5.74, 6) is 0. The van der Waals surface area contributed by atoms with E-state index in [1.54, 1.807) is 0 Å². The Bertz CT molecular complexity index is 438. The molecule has 1 nitrogen and oxygen atoms in total. The van der Waals surface area contributed by atoms with Crippen molar-refractivity contribution in [2.75, 3.05) is 19.0 Å². The Labute approximate surface area is 170 Å². The van der Waals surface area contributed by atoms with E-state index in [4.69, 9.17) is 0 Å². The predicted molar refractivity (Wildman–Crippen MR) is 124 cm³/mol. The number of anilines is 1. The molecule has 0 bridgehead atoms. The van der Waals surface area contributed by atoms with Gasteiger partial charge in [0.1, 0.15) is 0 Å². The van der Waals surface area contributed by atoms with Gasteiger partial charge in [-0.05, 0) is 30.5 Å². The van der Waals surface area contributed by atoms with Gasteiger partial charge in [-0.2, -0.15) is 0 Å². The zero-order chi connectivity index (χ0) is 19.6. The SMILES string of the molecule is CCCCCCCCCCCCCCCCCCc1cccc(N(C)C)c1. The van der Waals surface area contributed by atoms with Gasteiger partial charge in [-0.3, -0.25) is 0 Å². The molecule has 0 spiro atoms. The molecule has 0 amide bonds. The van der Waals surface area contributed by atoms with Gasteiger partial charge in [0, 0.05) is 19.8 Å². The number of rotatable bonds is 18. The van der Waals surface area contributed by atoms with Crippen LogP contribution in [0.5, 0.6) is 0 Å². The summed E-state index contributed by atoms with van der Waals surface area (Å²) in [6.45, 7) is 2.30. The van der Waals surface area contributed by atoms with Crippen molar-refractivity contribution in [3.05, 3.63) is 29.8 Å². The average Bonchev–Trinajstić information content (AvgIpc) is 2.68. The average molecular weight is 374 g/mol. The molecule has 0 N–H and O–H groups in total. The third kappa shape index (κ3) is 13.8. The van der Waals surface area contributed by atoms with Gasteiger partial charge < -0.3 is 4.90 Å². The van der Waals surface area contributed by atoms with Crippen LogP contribution in [0.15, 0.2) is 24.3 Å². The van der Waals surface area contributed by atoms with Crippen LogP contribution in [0.1, 0.15) is 115 Å². The Hall–Kier alpha value is -0.980. The largest absolute Gasteiger partial charge is 0.378 e. The van der Waals surface area contributed by atoms with Gasteiger partial charge in [0.05, 0.1) is 0 Å². The van der Waals surface area contributed by atoms with Crippen molar-refractivity contribution in [3.63, 3.8) is 0 Å². The van der Waals surface area contributed by atoms with E-state index in [0.717, 1.165) is 0 Å². The van der Waals surface area contributed by atoms with E-state index < -0.39 is 0 Å². The maximum Gasteiger partial charge on any atom is 0.0363 e. The summed E-state index contributed by atoms with van der Waals surface area (Å²) >= 11 is 0. The van der Waals surface area contributed by atoms with Crippen LogP contribution in [-0.2, 0) is 6.42 Å². The van der Waals surface area contributed by atoms with Gasteiger partial charge in [0.2, 0.25) is 0 Å². The molecule has 1 rings (SSSR count). The maximum atomic E-state index is 2.34. The molecule has 0 saturated carbocycles. The highest BCUT2D eigenvalue weighted by Crippen LogP contribution is 2.17. The molecule has 0 aliphatic carbocycles. The molecule has 0 heterocycles. The first-order chi connectivity index (χ1) is 13.2. The molecule has 27 heavy (non-hydrogen) atoms. The summed E-state index contributed by atoms with van der Waals surface area (Å²) in [5, 5.41) is 0. The lowest BCUT2D eigenvalue weighted by Gasteiger charge is -2.13. The molecule has 1 heteroatoms. The Morgan fingerprint density at radius 2 is 1.04 bits per heavy atom. The molecule has 0 saturated heterocycles. The van der Waals surface area contributed by atoms with Crippen LogP contribution in [0.3, 0.4) is 0 Å². The van der Waals surface area contributed by atoms with Crippen LogP contribution in [0.25, 0.3) is 0 Å². The maximum absolute atomic E-state index is 2.34. The first kappa shape index (κ1) is 24.1. The van der Waals surface area contributed by atoms with Gasteiger partial charge >= 0.3 is 0 Å². The molecule has 156 valence electrons. The molecule has 0 aromatic heterocycles. The van der Waals surface area contributed by atoms with Gasteiger partial charge in [0.25, 0.3) is 0 Å². The van der Waals surface area contributed by atoms with E-state index >= 15 is 0 Å². The Kier molecular flexibility index (Phi) is 15.3. The summed E-state index contributed by atoms with van der Waals surface area (Å²) in [7, 11) is 4.24. The quantitative estimate of drug-likeness (QED) is 0.233. The molecule has 0 unspecified atom stereocenters.